The summed E-state index contributed by atoms with van der Waals surface area (Å²) in [6.07, 6.45) is 0. The summed E-state index contributed by atoms with van der Waals surface area (Å²) in [6.45, 7) is 1.73. The van der Waals surface area contributed by atoms with Crippen LogP contribution in [0.1, 0.15) is 15.9 Å². The van der Waals surface area contributed by atoms with Gasteiger partial charge in [-0.15, -0.1) is 0 Å². The van der Waals surface area contributed by atoms with Crippen LogP contribution in [-0.4, -0.2) is 44.9 Å². The van der Waals surface area contributed by atoms with Crippen LogP contribution < -0.4 is 35.1 Å². The third-order valence-corrected chi connectivity index (χ3v) is 4.06. The molecule has 2 amide bonds. The Morgan fingerprint density at radius 1 is 0.933 bits per heavy atom. The van der Waals surface area contributed by atoms with Gasteiger partial charge in [-0.3, -0.25) is 25.8 Å². The van der Waals surface area contributed by atoms with Gasteiger partial charge in [-0.25, -0.2) is 0 Å². The standard InChI is InChI=1S/C20H23N3O6S/c1-12-5-7-14(8-6-12)29-11-17(24)22-23-20(30)21-19(25)13-9-15(26-2)18(28-4)16(10-13)27-3/h5-10H,11H2,1-4H3,(H,22,24)(H2,21,23,25,30). The highest BCUT2D eigenvalue weighted by atomic mass is 32.1. The summed E-state index contributed by atoms with van der Waals surface area (Å²) in [6, 6.07) is 10.2. The van der Waals surface area contributed by atoms with Crippen molar-refractivity contribution in [1.29, 1.82) is 0 Å². The lowest BCUT2D eigenvalue weighted by Crippen LogP contribution is -2.49. The smallest absolute Gasteiger partial charge is 0.276 e. The molecule has 0 atom stereocenters. The minimum absolute atomic E-state index is 0.0996. The van der Waals surface area contributed by atoms with Crippen LogP contribution in [0, 0.1) is 6.92 Å². The highest BCUT2D eigenvalue weighted by Crippen LogP contribution is 2.38. The first-order chi connectivity index (χ1) is 14.4. The van der Waals surface area contributed by atoms with Gasteiger partial charge in [-0.05, 0) is 43.4 Å². The summed E-state index contributed by atoms with van der Waals surface area (Å²) in [5.41, 5.74) is 6.10. The molecule has 0 radical (unpaired) electrons. The fourth-order valence-corrected chi connectivity index (χ4v) is 2.51. The summed E-state index contributed by atoms with van der Waals surface area (Å²) in [5.74, 6) is 0.564. The molecule has 0 saturated heterocycles. The first kappa shape index (κ1) is 22.8. The number of thiocarbonyl (C=S) groups is 1. The normalized spacial score (nSPS) is 9.87. The maximum absolute atomic E-state index is 12.4. The molecule has 0 bridgehead atoms. The summed E-state index contributed by atoms with van der Waals surface area (Å²) in [5, 5.41) is 2.35. The van der Waals surface area contributed by atoms with E-state index in [2.05, 4.69) is 16.2 Å². The number of hydrazine groups is 1. The van der Waals surface area contributed by atoms with E-state index in [9.17, 15) is 9.59 Å². The van der Waals surface area contributed by atoms with E-state index in [1.165, 1.54) is 33.5 Å². The lowest BCUT2D eigenvalue weighted by molar-refractivity contribution is -0.123. The number of hydrogen-bond donors (Lipinski definition) is 3. The fourth-order valence-electron chi connectivity index (χ4n) is 2.36. The van der Waals surface area contributed by atoms with E-state index >= 15 is 0 Å². The number of hydrogen-bond acceptors (Lipinski definition) is 7. The van der Waals surface area contributed by atoms with Gasteiger partial charge in [0.15, 0.2) is 23.2 Å². The fraction of sp³-hybridized carbons (Fsp3) is 0.250. The number of carbonyl (C=O) groups excluding carboxylic acids is 2. The molecule has 2 aromatic carbocycles. The van der Waals surface area contributed by atoms with Crippen molar-refractivity contribution in [3.05, 3.63) is 47.5 Å². The number of rotatable bonds is 7. The third-order valence-electron chi connectivity index (χ3n) is 3.86. The zero-order chi connectivity index (χ0) is 22.1. The molecule has 10 heteroatoms. The van der Waals surface area contributed by atoms with Crippen molar-refractivity contribution < 1.29 is 28.5 Å². The molecule has 0 aromatic heterocycles. The molecule has 9 nitrogen and oxygen atoms in total. The van der Waals surface area contributed by atoms with Gasteiger partial charge in [0.25, 0.3) is 11.8 Å². The van der Waals surface area contributed by atoms with E-state index in [0.717, 1.165) is 5.56 Å². The Bertz CT molecular complexity index is 892. The highest BCUT2D eigenvalue weighted by molar-refractivity contribution is 7.80. The Hall–Kier alpha value is -3.53. The van der Waals surface area contributed by atoms with Gasteiger partial charge in [0.2, 0.25) is 5.75 Å². The van der Waals surface area contributed by atoms with Gasteiger partial charge in [0.1, 0.15) is 5.75 Å². The van der Waals surface area contributed by atoms with Crippen LogP contribution in [0.3, 0.4) is 0 Å². The van der Waals surface area contributed by atoms with Crippen molar-refractivity contribution in [2.24, 2.45) is 0 Å². The van der Waals surface area contributed by atoms with E-state index in [4.69, 9.17) is 31.2 Å². The van der Waals surface area contributed by atoms with Gasteiger partial charge in [-0.2, -0.15) is 0 Å². The second-order valence-corrected chi connectivity index (χ2v) is 6.38. The molecule has 0 spiro atoms. The highest BCUT2D eigenvalue weighted by Gasteiger charge is 2.17. The minimum Gasteiger partial charge on any atom is -0.493 e. The molecule has 160 valence electrons. The topological polar surface area (TPSA) is 107 Å². The summed E-state index contributed by atoms with van der Waals surface area (Å²) < 4.78 is 21.0. The Morgan fingerprint density at radius 2 is 1.53 bits per heavy atom. The summed E-state index contributed by atoms with van der Waals surface area (Å²) >= 11 is 5.03. The quantitative estimate of drug-likeness (QED) is 0.448. The van der Waals surface area contributed by atoms with Gasteiger partial charge in [0, 0.05) is 5.56 Å². The zero-order valence-electron chi connectivity index (χ0n) is 17.0. The Balaban J connectivity index is 1.87. The first-order valence-electron chi connectivity index (χ1n) is 8.77. The zero-order valence-corrected chi connectivity index (χ0v) is 17.8. The van der Waals surface area contributed by atoms with E-state index in [1.54, 1.807) is 12.1 Å². The van der Waals surface area contributed by atoms with Crippen LogP contribution in [-0.2, 0) is 4.79 Å². The monoisotopic (exact) mass is 433 g/mol. The molecule has 3 N–H and O–H groups in total. The average molecular weight is 433 g/mol. The Kier molecular flexibility index (Phi) is 8.24. The molecule has 2 aromatic rings. The molecule has 30 heavy (non-hydrogen) atoms. The van der Waals surface area contributed by atoms with Crippen LogP contribution in [0.25, 0.3) is 0 Å². The van der Waals surface area contributed by atoms with Crippen molar-refractivity contribution >= 4 is 29.1 Å². The molecule has 0 saturated carbocycles. The second kappa shape index (κ2) is 10.9. The first-order valence-corrected chi connectivity index (χ1v) is 9.18. The number of nitrogens with one attached hydrogen (secondary N) is 3. The van der Waals surface area contributed by atoms with Gasteiger partial charge in [0.05, 0.1) is 21.3 Å². The molecule has 2 rings (SSSR count). The number of amides is 2. The second-order valence-electron chi connectivity index (χ2n) is 5.97. The predicted octanol–water partition coefficient (Wildman–Crippen LogP) is 1.74. The molecule has 0 unspecified atom stereocenters. The maximum atomic E-state index is 12.4. The van der Waals surface area contributed by atoms with Gasteiger partial charge >= 0.3 is 0 Å². The molecule has 0 aliphatic heterocycles. The molecule has 0 aliphatic rings. The van der Waals surface area contributed by atoms with E-state index in [1.807, 2.05) is 19.1 Å². The molecular formula is C20H23N3O6S. The molecule has 0 heterocycles. The van der Waals surface area contributed by atoms with Crippen LogP contribution in [0.5, 0.6) is 23.0 Å². The average Bonchev–Trinajstić information content (AvgIpc) is 2.76. The number of carbonyl (C=O) groups is 2. The SMILES string of the molecule is COc1cc(C(=O)NC(=S)NNC(=O)COc2ccc(C)cc2)cc(OC)c1OC. The van der Waals surface area contributed by atoms with E-state index in [-0.39, 0.29) is 17.3 Å². The van der Waals surface area contributed by atoms with Crippen molar-refractivity contribution in [1.82, 2.24) is 16.2 Å². The van der Waals surface area contributed by atoms with Crippen LogP contribution in [0.15, 0.2) is 36.4 Å². The molecule has 0 fully saturated rings. The Morgan fingerprint density at radius 3 is 2.07 bits per heavy atom. The third kappa shape index (κ3) is 6.24. The van der Waals surface area contributed by atoms with Crippen molar-refractivity contribution in [3.63, 3.8) is 0 Å². The van der Waals surface area contributed by atoms with Crippen molar-refractivity contribution in [3.8, 4) is 23.0 Å². The largest absolute Gasteiger partial charge is 0.493 e. The molecule has 0 aliphatic carbocycles. The number of benzene rings is 2. The van der Waals surface area contributed by atoms with Crippen LogP contribution in [0.2, 0.25) is 0 Å². The van der Waals surface area contributed by atoms with E-state index < -0.39 is 11.8 Å². The van der Waals surface area contributed by atoms with Crippen molar-refractivity contribution in [2.45, 2.75) is 6.92 Å². The van der Waals surface area contributed by atoms with Crippen LogP contribution >= 0.6 is 12.2 Å². The maximum Gasteiger partial charge on any atom is 0.276 e. The predicted molar refractivity (Wildman–Crippen MR) is 114 cm³/mol. The lowest BCUT2D eigenvalue weighted by Gasteiger charge is -2.15. The molecular weight excluding hydrogens is 410 g/mol. The van der Waals surface area contributed by atoms with Crippen molar-refractivity contribution in [2.75, 3.05) is 27.9 Å². The number of aryl methyl sites for hydroxylation is 1. The van der Waals surface area contributed by atoms with E-state index in [0.29, 0.717) is 23.0 Å². The van der Waals surface area contributed by atoms with Gasteiger partial charge in [-0.1, -0.05) is 17.7 Å². The number of methoxy groups -OCH3 is 3. The van der Waals surface area contributed by atoms with Crippen LogP contribution in [0.4, 0.5) is 0 Å². The Labute approximate surface area is 179 Å². The van der Waals surface area contributed by atoms with Gasteiger partial charge < -0.3 is 18.9 Å². The summed E-state index contributed by atoms with van der Waals surface area (Å²) in [4.78, 5) is 24.3. The summed E-state index contributed by atoms with van der Waals surface area (Å²) in [7, 11) is 4.35. The number of ether oxygens (including phenoxy) is 4. The minimum atomic E-state index is -0.531. The lowest BCUT2D eigenvalue weighted by atomic mass is 10.1.